The zero-order chi connectivity index (χ0) is 20.2. The third kappa shape index (κ3) is 4.03. The molecule has 0 unspecified atom stereocenters. The van der Waals surface area contributed by atoms with Crippen LogP contribution in [0.2, 0.25) is 0 Å². The Morgan fingerprint density at radius 3 is 2.83 bits per heavy atom. The van der Waals surface area contributed by atoms with Crippen molar-refractivity contribution in [2.24, 2.45) is 0 Å². The van der Waals surface area contributed by atoms with Crippen LogP contribution in [0, 0.1) is 0 Å². The normalized spacial score (nSPS) is 15.5. The zero-order valence-corrected chi connectivity index (χ0v) is 16.3. The summed E-state index contributed by atoms with van der Waals surface area (Å²) in [5.74, 6) is 0.320. The summed E-state index contributed by atoms with van der Waals surface area (Å²) in [4.78, 5) is 29.7. The number of hydrogen-bond donors (Lipinski definition) is 3. The Labute approximate surface area is 169 Å². The second kappa shape index (κ2) is 8.26. The van der Waals surface area contributed by atoms with Crippen LogP contribution in [0.5, 0.6) is 5.75 Å². The Morgan fingerprint density at radius 1 is 1.17 bits per heavy atom. The fourth-order valence-electron chi connectivity index (χ4n) is 3.66. The first-order valence-corrected chi connectivity index (χ1v) is 9.69. The molecule has 0 saturated heterocycles. The van der Waals surface area contributed by atoms with Gasteiger partial charge in [0.1, 0.15) is 5.75 Å². The van der Waals surface area contributed by atoms with Gasteiger partial charge >= 0.3 is 0 Å². The summed E-state index contributed by atoms with van der Waals surface area (Å²) in [6.07, 6.45) is 2.09. The molecule has 1 atom stereocenters. The molecule has 29 heavy (non-hydrogen) atoms. The number of fused-ring (bicyclic) bond motifs is 2. The number of para-hydroxylation sites is 3. The standard InChI is InChI=1S/C22H24N4O3/c1-23-22(28)20-13-26(18-8-4-5-9-19(18)29-20)14-21(27)24-11-10-15-12-25-17-7-3-2-6-16(15)17/h2-9,12,20,25H,10-11,13-14H2,1H3,(H,23,28)(H,24,27)/t20-/m1/s1. The minimum Gasteiger partial charge on any atom is -0.477 e. The number of ether oxygens (including phenoxy) is 1. The van der Waals surface area contributed by atoms with Crippen LogP contribution in [-0.2, 0) is 16.0 Å². The first-order valence-electron chi connectivity index (χ1n) is 9.69. The summed E-state index contributed by atoms with van der Waals surface area (Å²) < 4.78 is 5.78. The fraction of sp³-hybridized carbons (Fsp3) is 0.273. The molecule has 150 valence electrons. The first kappa shape index (κ1) is 18.9. The molecule has 1 aromatic heterocycles. The number of benzene rings is 2. The summed E-state index contributed by atoms with van der Waals surface area (Å²) >= 11 is 0. The molecule has 4 rings (SSSR count). The molecule has 2 aromatic carbocycles. The zero-order valence-electron chi connectivity index (χ0n) is 16.3. The molecular formula is C22H24N4O3. The predicted molar refractivity (Wildman–Crippen MR) is 112 cm³/mol. The van der Waals surface area contributed by atoms with E-state index >= 15 is 0 Å². The smallest absolute Gasteiger partial charge is 0.262 e. The van der Waals surface area contributed by atoms with E-state index in [-0.39, 0.29) is 18.4 Å². The number of aromatic nitrogens is 1. The lowest BCUT2D eigenvalue weighted by Crippen LogP contribution is -2.50. The maximum Gasteiger partial charge on any atom is 0.262 e. The van der Waals surface area contributed by atoms with Gasteiger partial charge < -0.3 is 25.3 Å². The van der Waals surface area contributed by atoms with Crippen LogP contribution in [0.3, 0.4) is 0 Å². The topological polar surface area (TPSA) is 86.5 Å². The Hall–Kier alpha value is -3.48. The van der Waals surface area contributed by atoms with Crippen molar-refractivity contribution in [1.29, 1.82) is 0 Å². The van der Waals surface area contributed by atoms with Crippen LogP contribution >= 0.6 is 0 Å². The number of aromatic amines is 1. The monoisotopic (exact) mass is 392 g/mol. The molecule has 7 nitrogen and oxygen atoms in total. The van der Waals surface area contributed by atoms with Gasteiger partial charge in [-0.05, 0) is 30.2 Å². The highest BCUT2D eigenvalue weighted by Crippen LogP contribution is 2.32. The second-order valence-corrected chi connectivity index (χ2v) is 7.03. The van der Waals surface area contributed by atoms with Gasteiger partial charge in [0.15, 0.2) is 6.10 Å². The molecule has 3 N–H and O–H groups in total. The quantitative estimate of drug-likeness (QED) is 0.598. The van der Waals surface area contributed by atoms with E-state index in [0.29, 0.717) is 18.8 Å². The molecule has 2 amide bonds. The lowest BCUT2D eigenvalue weighted by atomic mass is 10.1. The minimum atomic E-state index is -0.645. The number of nitrogens with one attached hydrogen (secondary N) is 3. The van der Waals surface area contributed by atoms with Crippen LogP contribution in [0.4, 0.5) is 5.69 Å². The SMILES string of the molecule is CNC(=O)[C@H]1CN(CC(=O)NCCc2c[nH]c3ccccc23)c2ccccc2O1. The lowest BCUT2D eigenvalue weighted by molar-refractivity contribution is -0.127. The minimum absolute atomic E-state index is 0.0859. The number of likely N-dealkylation sites (N-methyl/N-ethyl adjacent to an activating group) is 1. The van der Waals surface area contributed by atoms with Crippen molar-refractivity contribution in [2.45, 2.75) is 12.5 Å². The van der Waals surface area contributed by atoms with Gasteiger partial charge in [-0.15, -0.1) is 0 Å². The van der Waals surface area contributed by atoms with Gasteiger partial charge in [-0.25, -0.2) is 0 Å². The Kier molecular flexibility index (Phi) is 5.37. The summed E-state index contributed by atoms with van der Waals surface area (Å²) in [6, 6.07) is 15.6. The van der Waals surface area contributed by atoms with Crippen LogP contribution in [0.1, 0.15) is 5.56 Å². The van der Waals surface area contributed by atoms with Crippen LogP contribution in [0.25, 0.3) is 10.9 Å². The van der Waals surface area contributed by atoms with Gasteiger partial charge in [-0.2, -0.15) is 0 Å². The molecular weight excluding hydrogens is 368 g/mol. The van der Waals surface area contributed by atoms with Crippen molar-refractivity contribution in [3.05, 3.63) is 60.3 Å². The number of hydrogen-bond acceptors (Lipinski definition) is 4. The van der Waals surface area contributed by atoms with Crippen molar-refractivity contribution in [2.75, 3.05) is 31.6 Å². The van der Waals surface area contributed by atoms with Gasteiger partial charge in [0.05, 0.1) is 18.8 Å². The molecule has 3 aromatic rings. The van der Waals surface area contributed by atoms with Crippen LogP contribution < -0.4 is 20.3 Å². The van der Waals surface area contributed by atoms with E-state index in [1.165, 1.54) is 10.9 Å². The summed E-state index contributed by atoms with van der Waals surface area (Å²) in [6.45, 7) is 1.04. The highest BCUT2D eigenvalue weighted by atomic mass is 16.5. The first-order chi connectivity index (χ1) is 14.2. The van der Waals surface area contributed by atoms with E-state index in [2.05, 4.69) is 21.7 Å². The van der Waals surface area contributed by atoms with Crippen molar-refractivity contribution < 1.29 is 14.3 Å². The molecule has 0 spiro atoms. The number of H-pyrrole nitrogens is 1. The third-order valence-electron chi connectivity index (χ3n) is 5.13. The molecule has 1 aliphatic rings. The highest BCUT2D eigenvalue weighted by Gasteiger charge is 2.30. The van der Waals surface area contributed by atoms with Gasteiger partial charge in [0.25, 0.3) is 5.91 Å². The van der Waals surface area contributed by atoms with Gasteiger partial charge in [-0.3, -0.25) is 9.59 Å². The third-order valence-corrected chi connectivity index (χ3v) is 5.13. The summed E-state index contributed by atoms with van der Waals surface area (Å²) in [7, 11) is 1.58. The fourth-order valence-corrected chi connectivity index (χ4v) is 3.66. The van der Waals surface area contributed by atoms with Crippen molar-refractivity contribution >= 4 is 28.4 Å². The van der Waals surface area contributed by atoms with E-state index in [4.69, 9.17) is 4.74 Å². The summed E-state index contributed by atoms with van der Waals surface area (Å²) in [5.41, 5.74) is 3.09. The molecule has 0 saturated carbocycles. The Morgan fingerprint density at radius 2 is 1.97 bits per heavy atom. The molecule has 2 heterocycles. The lowest BCUT2D eigenvalue weighted by Gasteiger charge is -2.35. The number of anilines is 1. The molecule has 0 aliphatic carbocycles. The number of nitrogens with zero attached hydrogens (tertiary/aromatic N) is 1. The molecule has 0 fully saturated rings. The van der Waals surface area contributed by atoms with Crippen LogP contribution in [0.15, 0.2) is 54.7 Å². The number of carbonyl (C=O) groups is 2. The molecule has 0 bridgehead atoms. The molecule has 1 aliphatic heterocycles. The molecule has 0 radical (unpaired) electrons. The van der Waals surface area contributed by atoms with E-state index in [9.17, 15) is 9.59 Å². The van der Waals surface area contributed by atoms with E-state index in [0.717, 1.165) is 17.6 Å². The average molecular weight is 392 g/mol. The van der Waals surface area contributed by atoms with Gasteiger partial charge in [0.2, 0.25) is 5.91 Å². The van der Waals surface area contributed by atoms with Gasteiger partial charge in [-0.1, -0.05) is 30.3 Å². The average Bonchev–Trinajstić information content (AvgIpc) is 3.16. The van der Waals surface area contributed by atoms with Crippen molar-refractivity contribution in [3.8, 4) is 5.75 Å². The Bertz CT molecular complexity index is 1030. The molecule has 7 heteroatoms. The Balaban J connectivity index is 1.37. The van der Waals surface area contributed by atoms with Crippen molar-refractivity contribution in [3.63, 3.8) is 0 Å². The number of amides is 2. The highest BCUT2D eigenvalue weighted by molar-refractivity contribution is 5.86. The second-order valence-electron chi connectivity index (χ2n) is 7.03. The largest absolute Gasteiger partial charge is 0.477 e. The maximum absolute atomic E-state index is 12.6. The number of rotatable bonds is 6. The van der Waals surface area contributed by atoms with Crippen molar-refractivity contribution in [1.82, 2.24) is 15.6 Å². The number of carbonyl (C=O) groups excluding carboxylic acids is 2. The predicted octanol–water partition coefficient (Wildman–Crippen LogP) is 1.84. The van der Waals surface area contributed by atoms with Crippen LogP contribution in [-0.4, -0.2) is 49.6 Å². The van der Waals surface area contributed by atoms with Gasteiger partial charge in [0, 0.05) is 30.7 Å². The summed E-state index contributed by atoms with van der Waals surface area (Å²) in [5, 5.41) is 6.77. The van der Waals surface area contributed by atoms with E-state index < -0.39 is 6.10 Å². The van der Waals surface area contributed by atoms with E-state index in [1.807, 2.05) is 53.6 Å². The van der Waals surface area contributed by atoms with E-state index in [1.54, 1.807) is 7.05 Å². The maximum atomic E-state index is 12.6.